The molecule has 0 bridgehead atoms. The van der Waals surface area contributed by atoms with Crippen molar-refractivity contribution >= 4 is 47.6 Å². The van der Waals surface area contributed by atoms with Gasteiger partial charge in [-0.05, 0) is 18.2 Å². The van der Waals surface area contributed by atoms with Crippen molar-refractivity contribution in [2.75, 3.05) is 18.9 Å². The van der Waals surface area contributed by atoms with Crippen LogP contribution < -0.4 is 10.6 Å². The molecule has 0 spiro atoms. The van der Waals surface area contributed by atoms with Crippen molar-refractivity contribution in [3.8, 4) is 0 Å². The Morgan fingerprint density at radius 3 is 2.84 bits per heavy atom. The van der Waals surface area contributed by atoms with Crippen LogP contribution in [0.4, 0.5) is 10.5 Å². The van der Waals surface area contributed by atoms with Gasteiger partial charge in [0.2, 0.25) is 11.9 Å². The molecule has 102 valence electrons. The summed E-state index contributed by atoms with van der Waals surface area (Å²) in [5, 5.41) is 5.56. The summed E-state index contributed by atoms with van der Waals surface area (Å²) in [5.41, 5.74) is 0.545. The Morgan fingerprint density at radius 1 is 1.53 bits per heavy atom. The van der Waals surface area contributed by atoms with Gasteiger partial charge in [0.1, 0.15) is 0 Å². The minimum Gasteiger partial charge on any atom is -0.336 e. The maximum atomic E-state index is 11.6. The summed E-state index contributed by atoms with van der Waals surface area (Å²) in [6.45, 7) is 0.198. The number of benzene rings is 1. The van der Waals surface area contributed by atoms with Crippen LogP contribution in [-0.4, -0.2) is 36.4 Å². The number of carbonyl (C=O) groups excluding carboxylic acids is 2. The molecule has 1 aliphatic rings. The van der Waals surface area contributed by atoms with E-state index in [1.807, 2.05) is 0 Å². The largest absolute Gasteiger partial charge is 0.348 e. The van der Waals surface area contributed by atoms with Gasteiger partial charge >= 0.3 is 6.03 Å². The monoisotopic (exact) mass is 302 g/mol. The number of anilines is 1. The van der Waals surface area contributed by atoms with E-state index in [0.29, 0.717) is 10.7 Å². The molecule has 2 N–H and O–H groups in total. The highest BCUT2D eigenvalue weighted by atomic mass is 35.5. The molecule has 0 atom stereocenters. The Kier molecular flexibility index (Phi) is 5.14. The molecular weight excluding hydrogens is 291 g/mol. The van der Waals surface area contributed by atoms with Gasteiger partial charge in [0.05, 0.1) is 6.54 Å². The Bertz CT molecular complexity index is 533. The summed E-state index contributed by atoms with van der Waals surface area (Å²) in [5.74, 6) is 0.0475. The second kappa shape index (κ2) is 6.40. The molecule has 1 saturated heterocycles. The maximum Gasteiger partial charge on any atom is 0.348 e. The van der Waals surface area contributed by atoms with Crippen LogP contribution in [0, 0.1) is 0 Å². The number of amides is 3. The first-order chi connectivity index (χ1) is 8.54. The number of nitrogens with zero attached hydrogens (tertiary/aromatic N) is 2. The van der Waals surface area contributed by atoms with E-state index in [-0.39, 0.29) is 30.8 Å². The topological polar surface area (TPSA) is 73.8 Å². The number of likely N-dealkylation sites (N-methyl/N-ethyl adjacent to an activating group) is 1. The highest BCUT2D eigenvalue weighted by Crippen LogP contribution is 2.15. The van der Waals surface area contributed by atoms with Crippen LogP contribution in [0.5, 0.6) is 0 Å². The normalized spacial score (nSPS) is 16.0. The van der Waals surface area contributed by atoms with Gasteiger partial charge in [0, 0.05) is 17.8 Å². The fourth-order valence-electron chi connectivity index (χ4n) is 1.48. The predicted octanol–water partition coefficient (Wildman–Crippen LogP) is 1.71. The molecule has 6 nitrogen and oxygen atoms in total. The minimum atomic E-state index is -0.568. The number of guanidine groups is 1. The fraction of sp³-hybridized carbons (Fsp3) is 0.182. The third kappa shape index (κ3) is 4.11. The van der Waals surface area contributed by atoms with Gasteiger partial charge in [-0.15, -0.1) is 12.4 Å². The van der Waals surface area contributed by atoms with E-state index >= 15 is 0 Å². The van der Waals surface area contributed by atoms with Crippen LogP contribution in [0.15, 0.2) is 29.3 Å². The molecule has 3 amide bonds. The Morgan fingerprint density at radius 2 is 2.26 bits per heavy atom. The van der Waals surface area contributed by atoms with Gasteiger partial charge in [-0.1, -0.05) is 17.7 Å². The lowest BCUT2D eigenvalue weighted by Gasteiger charge is -2.08. The van der Waals surface area contributed by atoms with E-state index in [1.165, 1.54) is 0 Å². The van der Waals surface area contributed by atoms with E-state index in [4.69, 9.17) is 11.6 Å². The molecule has 0 unspecified atom stereocenters. The van der Waals surface area contributed by atoms with Crippen molar-refractivity contribution in [3.05, 3.63) is 29.3 Å². The average molecular weight is 303 g/mol. The van der Waals surface area contributed by atoms with Crippen LogP contribution in [-0.2, 0) is 4.79 Å². The predicted molar refractivity (Wildman–Crippen MR) is 75.9 cm³/mol. The minimum absolute atomic E-state index is 0. The fourth-order valence-corrected chi connectivity index (χ4v) is 1.67. The molecule has 0 aromatic heterocycles. The third-order valence-electron chi connectivity index (χ3n) is 2.28. The second-order valence-electron chi connectivity index (χ2n) is 3.78. The van der Waals surface area contributed by atoms with Crippen LogP contribution in [0.1, 0.15) is 0 Å². The zero-order chi connectivity index (χ0) is 13.1. The summed E-state index contributed by atoms with van der Waals surface area (Å²) < 4.78 is 0. The number of nitrogens with one attached hydrogen (secondary N) is 2. The number of halogens is 2. The number of urea groups is 1. The molecule has 1 fully saturated rings. The van der Waals surface area contributed by atoms with Crippen LogP contribution in [0.3, 0.4) is 0 Å². The van der Waals surface area contributed by atoms with Crippen molar-refractivity contribution in [2.24, 2.45) is 4.99 Å². The van der Waals surface area contributed by atoms with Crippen molar-refractivity contribution in [3.63, 3.8) is 0 Å². The number of hydrogen-bond acceptors (Lipinski definition) is 2. The standard InChI is InChI=1S/C11H11ClN4O2.ClH/c1-16-6-9(17)14-10(16)15-11(18)13-8-4-2-3-7(12)5-8;/h2-5H,6H2,1H3,(H2,13,14,15,17,18);1H. The highest BCUT2D eigenvalue weighted by Gasteiger charge is 2.22. The molecule has 1 heterocycles. The lowest BCUT2D eigenvalue weighted by atomic mass is 10.3. The lowest BCUT2D eigenvalue weighted by molar-refractivity contribution is -0.118. The van der Waals surface area contributed by atoms with Crippen LogP contribution in [0.2, 0.25) is 5.02 Å². The zero-order valence-corrected chi connectivity index (χ0v) is 11.6. The Balaban J connectivity index is 0.00000180. The van der Waals surface area contributed by atoms with Crippen molar-refractivity contribution in [2.45, 2.75) is 0 Å². The molecular formula is C11H12Cl2N4O2. The number of hydrogen-bond donors (Lipinski definition) is 2. The van der Waals surface area contributed by atoms with Gasteiger partial charge in [-0.25, -0.2) is 4.79 Å². The molecule has 1 aromatic carbocycles. The summed E-state index contributed by atoms with van der Waals surface area (Å²) in [6.07, 6.45) is 0. The third-order valence-corrected chi connectivity index (χ3v) is 2.51. The molecule has 0 radical (unpaired) electrons. The quantitative estimate of drug-likeness (QED) is 0.829. The SMILES string of the molecule is CN1CC(=O)NC1=NC(=O)Nc1cccc(Cl)c1.Cl. The smallest absolute Gasteiger partial charge is 0.336 e. The number of aliphatic imine (C=N–C) groups is 1. The summed E-state index contributed by atoms with van der Waals surface area (Å²) in [6, 6.07) is 6.15. The first kappa shape index (κ1) is 15.3. The van der Waals surface area contributed by atoms with Gasteiger partial charge in [-0.3, -0.25) is 10.1 Å². The molecule has 1 aliphatic heterocycles. The summed E-state index contributed by atoms with van der Waals surface area (Å²) in [4.78, 5) is 28.0. The average Bonchev–Trinajstić information content (AvgIpc) is 2.57. The van der Waals surface area contributed by atoms with Gasteiger partial charge < -0.3 is 10.2 Å². The summed E-state index contributed by atoms with van der Waals surface area (Å²) in [7, 11) is 1.67. The van der Waals surface area contributed by atoms with E-state index in [9.17, 15) is 9.59 Å². The number of rotatable bonds is 1. The molecule has 0 saturated carbocycles. The van der Waals surface area contributed by atoms with E-state index < -0.39 is 6.03 Å². The molecule has 0 aliphatic carbocycles. The molecule has 19 heavy (non-hydrogen) atoms. The molecule has 2 rings (SSSR count). The van der Waals surface area contributed by atoms with Crippen LogP contribution in [0.25, 0.3) is 0 Å². The van der Waals surface area contributed by atoms with E-state index in [0.717, 1.165) is 0 Å². The summed E-state index contributed by atoms with van der Waals surface area (Å²) >= 11 is 5.79. The first-order valence-electron chi connectivity index (χ1n) is 5.21. The maximum absolute atomic E-state index is 11.6. The number of carbonyl (C=O) groups is 2. The van der Waals surface area contributed by atoms with E-state index in [1.54, 1.807) is 36.2 Å². The molecule has 1 aromatic rings. The first-order valence-corrected chi connectivity index (χ1v) is 5.58. The Labute approximate surface area is 121 Å². The van der Waals surface area contributed by atoms with Crippen LogP contribution >= 0.6 is 24.0 Å². The van der Waals surface area contributed by atoms with Crippen molar-refractivity contribution < 1.29 is 9.59 Å². The lowest BCUT2D eigenvalue weighted by Crippen LogP contribution is -2.29. The Hall–Kier alpha value is -1.79. The highest BCUT2D eigenvalue weighted by molar-refractivity contribution is 6.30. The molecule has 8 heteroatoms. The van der Waals surface area contributed by atoms with Gasteiger partial charge in [0.15, 0.2) is 0 Å². The van der Waals surface area contributed by atoms with Crippen molar-refractivity contribution in [1.82, 2.24) is 10.2 Å². The van der Waals surface area contributed by atoms with Crippen molar-refractivity contribution in [1.29, 1.82) is 0 Å². The van der Waals surface area contributed by atoms with Gasteiger partial charge in [0.25, 0.3) is 0 Å². The second-order valence-corrected chi connectivity index (χ2v) is 4.22. The van der Waals surface area contributed by atoms with Gasteiger partial charge in [-0.2, -0.15) is 4.99 Å². The van der Waals surface area contributed by atoms with E-state index in [2.05, 4.69) is 15.6 Å². The zero-order valence-electron chi connectivity index (χ0n) is 10.0.